The Hall–Kier alpha value is -2.97. The molecule has 3 heterocycles. The van der Waals surface area contributed by atoms with E-state index in [0.717, 1.165) is 18.5 Å². The smallest absolute Gasteiger partial charge is 0.249 e. The number of carbonyl (C=O) groups excluding carboxylic acids is 3. The number of aliphatic hydroxyl groups is 1. The van der Waals surface area contributed by atoms with Crippen molar-refractivity contribution in [1.29, 1.82) is 0 Å². The Labute approximate surface area is 238 Å². The number of benzene rings is 1. The van der Waals surface area contributed by atoms with E-state index >= 15 is 0 Å². The molecule has 1 spiro atoms. The number of amides is 3. The summed E-state index contributed by atoms with van der Waals surface area (Å²) in [6.45, 7) is 14.9. The zero-order valence-corrected chi connectivity index (χ0v) is 24.3. The van der Waals surface area contributed by atoms with Gasteiger partial charge >= 0.3 is 0 Å². The van der Waals surface area contributed by atoms with Crippen LogP contribution in [0.3, 0.4) is 0 Å². The Morgan fingerprint density at radius 3 is 2.38 bits per heavy atom. The summed E-state index contributed by atoms with van der Waals surface area (Å²) < 4.78 is 6.66. The molecule has 3 aliphatic rings. The molecule has 3 fully saturated rings. The van der Waals surface area contributed by atoms with Gasteiger partial charge in [0.1, 0.15) is 11.6 Å². The van der Waals surface area contributed by atoms with E-state index in [0.29, 0.717) is 45.3 Å². The number of hydrogen-bond donors (Lipinski definition) is 1. The average Bonchev–Trinajstić information content (AvgIpc) is 3.57. The van der Waals surface area contributed by atoms with E-state index in [2.05, 4.69) is 13.2 Å². The largest absolute Gasteiger partial charge is 0.396 e. The van der Waals surface area contributed by atoms with E-state index in [1.807, 2.05) is 51.1 Å². The van der Waals surface area contributed by atoms with Crippen LogP contribution in [0.1, 0.15) is 59.3 Å². The minimum Gasteiger partial charge on any atom is -0.396 e. The Morgan fingerprint density at radius 2 is 1.75 bits per heavy atom. The summed E-state index contributed by atoms with van der Waals surface area (Å²) in [4.78, 5) is 48.1. The molecule has 8 heteroatoms. The number of carbonyl (C=O) groups is 3. The van der Waals surface area contributed by atoms with E-state index in [9.17, 15) is 14.4 Å². The lowest BCUT2D eigenvalue weighted by Gasteiger charge is -2.42. The molecular formula is C32H45N3O5. The summed E-state index contributed by atoms with van der Waals surface area (Å²) in [6, 6.07) is 8.62. The first-order valence-electron chi connectivity index (χ1n) is 14.6. The van der Waals surface area contributed by atoms with Crippen LogP contribution in [0.4, 0.5) is 5.69 Å². The van der Waals surface area contributed by atoms with Crippen LogP contribution in [0.15, 0.2) is 55.6 Å². The average molecular weight is 552 g/mol. The van der Waals surface area contributed by atoms with Crippen molar-refractivity contribution in [3.63, 3.8) is 0 Å². The number of aliphatic hydroxyl groups excluding tert-OH is 1. The highest BCUT2D eigenvalue weighted by atomic mass is 16.5. The van der Waals surface area contributed by atoms with E-state index in [4.69, 9.17) is 9.84 Å². The SMILES string of the molecule is C=CCN(C(=O)[C@@H]1[C@@H]2CCC3(O2)C(C(=O)N(CC=C)C(C)(C)C)N(CCCCCCO)C(=O)[C@H]13)c1ccccc1. The first-order chi connectivity index (χ1) is 19.1. The molecule has 0 aliphatic carbocycles. The highest BCUT2D eigenvalue weighted by Crippen LogP contribution is 2.59. The zero-order valence-electron chi connectivity index (χ0n) is 24.3. The van der Waals surface area contributed by atoms with Crippen molar-refractivity contribution in [3.8, 4) is 0 Å². The number of fused-ring (bicyclic) bond motifs is 1. The summed E-state index contributed by atoms with van der Waals surface area (Å²) in [5, 5.41) is 9.17. The predicted octanol–water partition coefficient (Wildman–Crippen LogP) is 3.95. The van der Waals surface area contributed by atoms with Gasteiger partial charge in [0, 0.05) is 37.5 Å². The monoisotopic (exact) mass is 551 g/mol. The van der Waals surface area contributed by atoms with Gasteiger partial charge in [-0.3, -0.25) is 14.4 Å². The molecule has 0 aromatic heterocycles. The van der Waals surface area contributed by atoms with Crippen LogP contribution in [0.2, 0.25) is 0 Å². The molecule has 3 saturated heterocycles. The van der Waals surface area contributed by atoms with Gasteiger partial charge in [-0.2, -0.15) is 0 Å². The van der Waals surface area contributed by atoms with Crippen LogP contribution in [0.5, 0.6) is 0 Å². The number of nitrogens with zero attached hydrogens (tertiary/aromatic N) is 3. The minimum absolute atomic E-state index is 0.138. The molecule has 3 amide bonds. The van der Waals surface area contributed by atoms with Crippen LogP contribution in [0, 0.1) is 11.8 Å². The molecule has 1 aromatic rings. The number of likely N-dealkylation sites (tertiary alicyclic amines) is 1. The van der Waals surface area contributed by atoms with Gasteiger partial charge in [0.25, 0.3) is 0 Å². The van der Waals surface area contributed by atoms with Crippen molar-refractivity contribution in [1.82, 2.24) is 9.80 Å². The highest BCUT2D eigenvalue weighted by Gasteiger charge is 2.75. The molecule has 0 saturated carbocycles. The zero-order chi connectivity index (χ0) is 29.1. The van der Waals surface area contributed by atoms with Gasteiger partial charge in [-0.25, -0.2) is 0 Å². The second-order valence-corrected chi connectivity index (χ2v) is 12.2. The molecule has 40 heavy (non-hydrogen) atoms. The number of unbranched alkanes of at least 4 members (excludes halogenated alkanes) is 3. The molecule has 1 aromatic carbocycles. The second kappa shape index (κ2) is 12.3. The molecule has 218 valence electrons. The van der Waals surface area contributed by atoms with Gasteiger partial charge in [-0.15, -0.1) is 13.2 Å². The first kappa shape index (κ1) is 30.0. The Morgan fingerprint density at radius 1 is 1.07 bits per heavy atom. The summed E-state index contributed by atoms with van der Waals surface area (Å²) >= 11 is 0. The second-order valence-electron chi connectivity index (χ2n) is 12.2. The fourth-order valence-corrected chi connectivity index (χ4v) is 6.91. The summed E-state index contributed by atoms with van der Waals surface area (Å²) in [5.41, 5.74) is -0.783. The predicted molar refractivity (Wildman–Crippen MR) is 156 cm³/mol. The van der Waals surface area contributed by atoms with E-state index in [1.165, 1.54) is 0 Å². The highest BCUT2D eigenvalue weighted by molar-refractivity contribution is 6.03. The normalized spacial score (nSPS) is 27.0. The third-order valence-corrected chi connectivity index (χ3v) is 8.66. The minimum atomic E-state index is -1.04. The van der Waals surface area contributed by atoms with Crippen molar-refractivity contribution < 1.29 is 24.2 Å². The van der Waals surface area contributed by atoms with E-state index < -0.39 is 35.1 Å². The van der Waals surface area contributed by atoms with Gasteiger partial charge in [-0.05, 0) is 58.6 Å². The molecule has 8 nitrogen and oxygen atoms in total. The molecular weight excluding hydrogens is 506 g/mol. The van der Waals surface area contributed by atoms with Gasteiger partial charge in [0.05, 0.1) is 17.9 Å². The Kier molecular flexibility index (Phi) is 9.20. The third-order valence-electron chi connectivity index (χ3n) is 8.66. The molecule has 0 radical (unpaired) electrons. The lowest BCUT2D eigenvalue weighted by Crippen LogP contribution is -2.60. The van der Waals surface area contributed by atoms with Crippen LogP contribution in [-0.2, 0) is 19.1 Å². The first-order valence-corrected chi connectivity index (χ1v) is 14.6. The molecule has 4 rings (SSSR count). The molecule has 5 atom stereocenters. The van der Waals surface area contributed by atoms with Crippen molar-refractivity contribution >= 4 is 23.4 Å². The summed E-state index contributed by atoms with van der Waals surface area (Å²) in [5.74, 6) is -1.87. The maximum Gasteiger partial charge on any atom is 0.249 e. The van der Waals surface area contributed by atoms with Gasteiger partial charge < -0.3 is 24.5 Å². The molecule has 3 aliphatic heterocycles. The van der Waals surface area contributed by atoms with Crippen LogP contribution in [0.25, 0.3) is 0 Å². The lowest BCUT2D eigenvalue weighted by atomic mass is 9.70. The standard InChI is InChI=1S/C32H45N3O5/c1-6-19-33(23-15-11-10-12-16-23)28(37)25-24-17-18-32(40-24)26(25)29(38)34(21-13-8-9-14-22-36)27(32)30(39)35(20-7-2)31(3,4)5/h6-7,10-12,15-16,24-27,36H,1-2,8-9,13-14,17-22H2,3-5H3/t24-,25+,26-,27?,32?/m0/s1. The maximum absolute atomic E-state index is 14.4. The number of hydrogen-bond acceptors (Lipinski definition) is 5. The molecule has 2 bridgehead atoms. The third kappa shape index (κ3) is 5.36. The Balaban J connectivity index is 1.71. The van der Waals surface area contributed by atoms with E-state index in [-0.39, 0.29) is 24.3 Å². The van der Waals surface area contributed by atoms with Crippen LogP contribution in [-0.4, -0.2) is 82.2 Å². The van der Waals surface area contributed by atoms with Crippen LogP contribution >= 0.6 is 0 Å². The fraction of sp³-hybridized carbons (Fsp3) is 0.594. The molecule has 1 N–H and O–H groups in total. The molecule has 2 unspecified atom stereocenters. The topological polar surface area (TPSA) is 90.4 Å². The Bertz CT molecular complexity index is 1100. The van der Waals surface area contributed by atoms with Gasteiger partial charge in [0.15, 0.2) is 0 Å². The lowest BCUT2D eigenvalue weighted by molar-refractivity contribution is -0.151. The van der Waals surface area contributed by atoms with Gasteiger partial charge in [0.2, 0.25) is 17.7 Å². The number of para-hydroxylation sites is 1. The fourth-order valence-electron chi connectivity index (χ4n) is 6.91. The quantitative estimate of drug-likeness (QED) is 0.296. The van der Waals surface area contributed by atoms with Crippen molar-refractivity contribution in [2.45, 2.75) is 82.6 Å². The van der Waals surface area contributed by atoms with Crippen LogP contribution < -0.4 is 4.90 Å². The summed E-state index contributed by atoms with van der Waals surface area (Å²) in [6.07, 6.45) is 7.28. The number of ether oxygens (including phenoxy) is 1. The number of anilines is 1. The van der Waals surface area contributed by atoms with Crippen molar-refractivity contribution in [2.75, 3.05) is 31.1 Å². The van der Waals surface area contributed by atoms with Crippen molar-refractivity contribution in [3.05, 3.63) is 55.6 Å². The van der Waals surface area contributed by atoms with E-state index in [1.54, 1.807) is 26.9 Å². The summed E-state index contributed by atoms with van der Waals surface area (Å²) in [7, 11) is 0. The number of rotatable bonds is 13. The van der Waals surface area contributed by atoms with Gasteiger partial charge in [-0.1, -0.05) is 43.2 Å². The maximum atomic E-state index is 14.4. The van der Waals surface area contributed by atoms with Crippen molar-refractivity contribution in [2.24, 2.45) is 11.8 Å².